The Hall–Kier alpha value is -2.17. The van der Waals surface area contributed by atoms with Crippen LogP contribution in [0.15, 0.2) is 18.2 Å². The van der Waals surface area contributed by atoms with Crippen LogP contribution in [0.1, 0.15) is 56.4 Å². The van der Waals surface area contributed by atoms with Crippen LogP contribution in [0, 0.1) is 5.92 Å². The number of hydrogen-bond donors (Lipinski definition) is 1. The van der Waals surface area contributed by atoms with E-state index in [9.17, 15) is 4.79 Å². The fourth-order valence-electron chi connectivity index (χ4n) is 3.42. The van der Waals surface area contributed by atoms with E-state index >= 15 is 0 Å². The smallest absolute Gasteiger partial charge is 0.354 e. The summed E-state index contributed by atoms with van der Waals surface area (Å²) in [4.78, 5) is 14.9. The fourth-order valence-corrected chi connectivity index (χ4v) is 3.42. The number of methoxy groups -OCH3 is 1. The first-order chi connectivity index (χ1) is 12.1. The summed E-state index contributed by atoms with van der Waals surface area (Å²) in [6, 6.07) is 5.60. The summed E-state index contributed by atoms with van der Waals surface area (Å²) in [7, 11) is 1.38. The Bertz CT molecular complexity index is 729. The molecule has 1 aromatic carbocycles. The molecule has 0 atom stereocenters. The monoisotopic (exact) mass is 345 g/mol. The molecule has 1 N–H and O–H groups in total. The summed E-state index contributed by atoms with van der Waals surface area (Å²) in [5, 5.41) is 0.882. The van der Waals surface area contributed by atoms with Crippen molar-refractivity contribution in [1.29, 1.82) is 0 Å². The van der Waals surface area contributed by atoms with Gasteiger partial charge in [0.05, 0.1) is 25.3 Å². The number of nitrogens with one attached hydrogen (secondary N) is 1. The van der Waals surface area contributed by atoms with Crippen molar-refractivity contribution in [2.24, 2.45) is 5.92 Å². The zero-order chi connectivity index (χ0) is 17.8. The summed E-state index contributed by atoms with van der Waals surface area (Å²) in [5.74, 6) is 1.71. The van der Waals surface area contributed by atoms with Gasteiger partial charge in [-0.15, -0.1) is 0 Å². The number of esters is 1. The largest absolute Gasteiger partial charge is 0.492 e. The minimum atomic E-state index is -0.388. The number of hydrogen-bond acceptors (Lipinski definition) is 4. The minimum absolute atomic E-state index is 0.0682. The van der Waals surface area contributed by atoms with Crippen LogP contribution in [-0.2, 0) is 4.74 Å². The van der Waals surface area contributed by atoms with E-state index in [2.05, 4.69) is 4.98 Å². The van der Waals surface area contributed by atoms with Crippen molar-refractivity contribution in [3.05, 3.63) is 23.9 Å². The summed E-state index contributed by atoms with van der Waals surface area (Å²) in [6.45, 7) is 4.68. The van der Waals surface area contributed by atoms with Crippen LogP contribution >= 0.6 is 0 Å². The summed E-state index contributed by atoms with van der Waals surface area (Å²) in [6.07, 6.45) is 6.43. The van der Waals surface area contributed by atoms with Crippen molar-refractivity contribution in [2.45, 2.75) is 52.1 Å². The maximum absolute atomic E-state index is 11.8. The number of carbonyl (C=O) groups is 1. The molecular weight excluding hydrogens is 318 g/mol. The maximum Gasteiger partial charge on any atom is 0.354 e. The molecule has 3 rings (SSSR count). The van der Waals surface area contributed by atoms with Gasteiger partial charge in [0.25, 0.3) is 0 Å². The number of carbonyl (C=O) groups excluding carboxylic acids is 1. The van der Waals surface area contributed by atoms with Crippen LogP contribution in [0.3, 0.4) is 0 Å². The van der Waals surface area contributed by atoms with E-state index < -0.39 is 0 Å². The third-order valence-electron chi connectivity index (χ3n) is 4.65. The molecule has 0 bridgehead atoms. The SMILES string of the molecule is COC(=O)c1cc2c(OCC3CCCCC3)cc(OC(C)C)cc2[nH]1. The lowest BCUT2D eigenvalue weighted by Gasteiger charge is -2.22. The highest BCUT2D eigenvalue weighted by atomic mass is 16.5. The van der Waals surface area contributed by atoms with E-state index in [0.29, 0.717) is 18.2 Å². The van der Waals surface area contributed by atoms with Gasteiger partial charge in [0.1, 0.15) is 17.2 Å². The van der Waals surface area contributed by atoms with Gasteiger partial charge < -0.3 is 19.2 Å². The molecule has 25 heavy (non-hydrogen) atoms. The van der Waals surface area contributed by atoms with E-state index in [0.717, 1.165) is 22.4 Å². The number of rotatable bonds is 6. The molecule has 136 valence electrons. The maximum atomic E-state index is 11.8. The topological polar surface area (TPSA) is 60.6 Å². The van der Waals surface area contributed by atoms with Crippen molar-refractivity contribution in [3.63, 3.8) is 0 Å². The lowest BCUT2D eigenvalue weighted by molar-refractivity contribution is 0.0595. The first kappa shape index (κ1) is 17.6. The van der Waals surface area contributed by atoms with Crippen molar-refractivity contribution in [2.75, 3.05) is 13.7 Å². The summed E-state index contributed by atoms with van der Waals surface area (Å²) < 4.78 is 16.8. The zero-order valence-electron chi connectivity index (χ0n) is 15.3. The molecule has 5 nitrogen and oxygen atoms in total. The third kappa shape index (κ3) is 4.27. The molecule has 1 aliphatic carbocycles. The lowest BCUT2D eigenvalue weighted by Crippen LogP contribution is -2.15. The van der Waals surface area contributed by atoms with Gasteiger partial charge >= 0.3 is 5.97 Å². The van der Waals surface area contributed by atoms with E-state index in [1.807, 2.05) is 26.0 Å². The second-order valence-corrected chi connectivity index (χ2v) is 7.04. The van der Waals surface area contributed by atoms with E-state index in [1.165, 1.54) is 39.2 Å². The molecule has 1 fully saturated rings. The van der Waals surface area contributed by atoms with E-state index in [-0.39, 0.29) is 12.1 Å². The fraction of sp³-hybridized carbons (Fsp3) is 0.550. The molecular formula is C20H27NO4. The molecule has 1 aliphatic rings. The van der Waals surface area contributed by atoms with Gasteiger partial charge in [0, 0.05) is 17.5 Å². The van der Waals surface area contributed by atoms with Crippen molar-refractivity contribution < 1.29 is 19.0 Å². The van der Waals surface area contributed by atoms with Gasteiger partial charge in [0.2, 0.25) is 0 Å². The summed E-state index contributed by atoms with van der Waals surface area (Å²) in [5.41, 5.74) is 1.24. The van der Waals surface area contributed by atoms with Crippen LogP contribution in [0.2, 0.25) is 0 Å². The van der Waals surface area contributed by atoms with Crippen LogP contribution in [-0.4, -0.2) is 30.8 Å². The predicted molar refractivity (Wildman–Crippen MR) is 97.5 cm³/mol. The van der Waals surface area contributed by atoms with Crippen LogP contribution in [0.25, 0.3) is 10.9 Å². The molecule has 0 aliphatic heterocycles. The Morgan fingerprint density at radius 2 is 1.96 bits per heavy atom. The second kappa shape index (κ2) is 7.81. The summed E-state index contributed by atoms with van der Waals surface area (Å²) >= 11 is 0. The van der Waals surface area contributed by atoms with Crippen LogP contribution < -0.4 is 9.47 Å². The molecule has 0 spiro atoms. The molecule has 2 aromatic rings. The highest BCUT2D eigenvalue weighted by molar-refractivity contribution is 5.97. The average Bonchev–Trinajstić information content (AvgIpc) is 3.03. The molecule has 0 unspecified atom stereocenters. The molecule has 0 radical (unpaired) electrons. The molecule has 1 saturated carbocycles. The van der Waals surface area contributed by atoms with Crippen molar-refractivity contribution in [1.82, 2.24) is 4.98 Å². The normalized spacial score (nSPS) is 15.5. The van der Waals surface area contributed by atoms with Gasteiger partial charge in [-0.2, -0.15) is 0 Å². The van der Waals surface area contributed by atoms with Crippen molar-refractivity contribution >= 4 is 16.9 Å². The average molecular weight is 345 g/mol. The van der Waals surface area contributed by atoms with E-state index in [4.69, 9.17) is 14.2 Å². The van der Waals surface area contributed by atoms with Crippen LogP contribution in [0.5, 0.6) is 11.5 Å². The highest BCUT2D eigenvalue weighted by Gasteiger charge is 2.18. The van der Waals surface area contributed by atoms with Crippen LogP contribution in [0.4, 0.5) is 0 Å². The molecule has 0 amide bonds. The third-order valence-corrected chi connectivity index (χ3v) is 4.65. The molecule has 5 heteroatoms. The number of ether oxygens (including phenoxy) is 3. The first-order valence-electron chi connectivity index (χ1n) is 9.11. The van der Waals surface area contributed by atoms with Crippen molar-refractivity contribution in [3.8, 4) is 11.5 Å². The van der Waals surface area contributed by atoms with Gasteiger partial charge in [-0.25, -0.2) is 4.79 Å². The Kier molecular flexibility index (Phi) is 5.51. The Morgan fingerprint density at radius 1 is 1.20 bits per heavy atom. The Balaban J connectivity index is 1.88. The minimum Gasteiger partial charge on any atom is -0.492 e. The molecule has 1 aromatic heterocycles. The van der Waals surface area contributed by atoms with Gasteiger partial charge in [-0.05, 0) is 38.7 Å². The van der Waals surface area contributed by atoms with Gasteiger partial charge in [-0.1, -0.05) is 19.3 Å². The first-order valence-corrected chi connectivity index (χ1v) is 9.11. The van der Waals surface area contributed by atoms with Gasteiger partial charge in [-0.3, -0.25) is 0 Å². The van der Waals surface area contributed by atoms with Gasteiger partial charge in [0.15, 0.2) is 0 Å². The molecule has 1 heterocycles. The number of H-pyrrole nitrogens is 1. The highest BCUT2D eigenvalue weighted by Crippen LogP contribution is 2.34. The lowest BCUT2D eigenvalue weighted by atomic mass is 9.90. The predicted octanol–water partition coefficient (Wildman–Crippen LogP) is 4.70. The Morgan fingerprint density at radius 3 is 2.64 bits per heavy atom. The number of fused-ring (bicyclic) bond motifs is 1. The van der Waals surface area contributed by atoms with E-state index in [1.54, 1.807) is 6.07 Å². The number of aromatic nitrogens is 1. The second-order valence-electron chi connectivity index (χ2n) is 7.04. The Labute approximate surface area is 148 Å². The number of benzene rings is 1. The standard InChI is InChI=1S/C20H27NO4/c1-13(2)25-15-9-17-16(11-18(21-17)20(22)23-3)19(10-15)24-12-14-7-5-4-6-8-14/h9-11,13-14,21H,4-8,12H2,1-3H3. The number of aromatic amines is 1. The zero-order valence-corrected chi connectivity index (χ0v) is 15.3. The quantitative estimate of drug-likeness (QED) is 0.771. The molecule has 0 saturated heterocycles.